The van der Waals surface area contributed by atoms with E-state index in [1.54, 1.807) is 24.4 Å². The Labute approximate surface area is 135 Å². The number of ether oxygens (including phenoxy) is 1. The Morgan fingerprint density at radius 1 is 1.35 bits per heavy atom. The number of nitrogens with one attached hydrogen (secondary N) is 1. The van der Waals surface area contributed by atoms with Gasteiger partial charge in [-0.25, -0.2) is 9.37 Å². The SMILES string of the molecule is COc1ncccc1C(=O)NCC(c1cccc(F)c1)N(C)C. The molecule has 0 spiro atoms. The van der Waals surface area contributed by atoms with E-state index in [1.165, 1.54) is 19.2 Å². The molecule has 0 radical (unpaired) electrons. The van der Waals surface area contributed by atoms with E-state index >= 15 is 0 Å². The average Bonchev–Trinajstić information content (AvgIpc) is 2.54. The second-order valence-corrected chi connectivity index (χ2v) is 5.30. The lowest BCUT2D eigenvalue weighted by Gasteiger charge is -2.25. The van der Waals surface area contributed by atoms with Crippen LogP contribution in [0.4, 0.5) is 4.39 Å². The Hall–Kier alpha value is -2.47. The average molecular weight is 317 g/mol. The van der Waals surface area contributed by atoms with Gasteiger partial charge in [-0.2, -0.15) is 0 Å². The highest BCUT2D eigenvalue weighted by Gasteiger charge is 2.18. The molecule has 0 aliphatic rings. The predicted molar refractivity (Wildman–Crippen MR) is 86.0 cm³/mol. The molecule has 0 aliphatic heterocycles. The highest BCUT2D eigenvalue weighted by atomic mass is 19.1. The van der Waals surface area contributed by atoms with Crippen molar-refractivity contribution < 1.29 is 13.9 Å². The van der Waals surface area contributed by atoms with Crippen molar-refractivity contribution in [2.24, 2.45) is 0 Å². The number of likely N-dealkylation sites (N-methyl/N-ethyl adjacent to an activating group) is 1. The lowest BCUT2D eigenvalue weighted by Crippen LogP contribution is -2.34. The number of carbonyl (C=O) groups excluding carboxylic acids is 1. The first-order chi connectivity index (χ1) is 11.0. The van der Waals surface area contributed by atoms with Crippen LogP contribution in [0, 0.1) is 5.82 Å². The first-order valence-electron chi connectivity index (χ1n) is 7.22. The van der Waals surface area contributed by atoms with Crippen molar-refractivity contribution in [3.05, 3.63) is 59.5 Å². The molecule has 0 saturated heterocycles. The van der Waals surface area contributed by atoms with Crippen LogP contribution in [0.5, 0.6) is 5.88 Å². The first kappa shape index (κ1) is 16.9. The summed E-state index contributed by atoms with van der Waals surface area (Å²) in [4.78, 5) is 18.3. The fraction of sp³-hybridized carbons (Fsp3) is 0.294. The Bertz CT molecular complexity index is 676. The van der Waals surface area contributed by atoms with Gasteiger partial charge in [-0.1, -0.05) is 12.1 Å². The topological polar surface area (TPSA) is 54.5 Å². The minimum Gasteiger partial charge on any atom is -0.480 e. The minimum atomic E-state index is -0.297. The maximum absolute atomic E-state index is 13.4. The molecule has 0 fully saturated rings. The third-order valence-electron chi connectivity index (χ3n) is 3.52. The number of methoxy groups -OCH3 is 1. The van der Waals surface area contributed by atoms with Crippen LogP contribution in [0.25, 0.3) is 0 Å². The van der Waals surface area contributed by atoms with Crippen molar-refractivity contribution in [3.63, 3.8) is 0 Å². The second-order valence-electron chi connectivity index (χ2n) is 5.30. The quantitative estimate of drug-likeness (QED) is 0.888. The van der Waals surface area contributed by atoms with Crippen LogP contribution >= 0.6 is 0 Å². The summed E-state index contributed by atoms with van der Waals surface area (Å²) in [7, 11) is 5.23. The molecule has 1 heterocycles. The number of amides is 1. The van der Waals surface area contributed by atoms with Gasteiger partial charge in [0.05, 0.1) is 13.2 Å². The van der Waals surface area contributed by atoms with Gasteiger partial charge in [-0.05, 0) is 43.9 Å². The smallest absolute Gasteiger partial charge is 0.256 e. The van der Waals surface area contributed by atoms with Gasteiger partial charge < -0.3 is 15.0 Å². The number of benzene rings is 1. The van der Waals surface area contributed by atoms with Crippen LogP contribution in [-0.2, 0) is 0 Å². The van der Waals surface area contributed by atoms with Crippen molar-refractivity contribution in [2.75, 3.05) is 27.7 Å². The molecule has 0 aliphatic carbocycles. The Morgan fingerprint density at radius 3 is 2.78 bits per heavy atom. The summed E-state index contributed by atoms with van der Waals surface area (Å²) in [6, 6.07) is 9.55. The van der Waals surface area contributed by atoms with Gasteiger partial charge in [-0.15, -0.1) is 0 Å². The molecule has 6 heteroatoms. The van der Waals surface area contributed by atoms with E-state index in [2.05, 4.69) is 10.3 Å². The molecular weight excluding hydrogens is 297 g/mol. The molecule has 0 saturated carbocycles. The summed E-state index contributed by atoms with van der Waals surface area (Å²) < 4.78 is 18.5. The van der Waals surface area contributed by atoms with Crippen LogP contribution in [0.2, 0.25) is 0 Å². The molecule has 1 aromatic heterocycles. The van der Waals surface area contributed by atoms with Gasteiger partial charge in [0.25, 0.3) is 5.91 Å². The molecule has 1 amide bonds. The van der Waals surface area contributed by atoms with Crippen LogP contribution in [-0.4, -0.2) is 43.5 Å². The van der Waals surface area contributed by atoms with E-state index in [0.29, 0.717) is 12.1 Å². The van der Waals surface area contributed by atoms with Gasteiger partial charge >= 0.3 is 0 Å². The Morgan fingerprint density at radius 2 is 2.13 bits per heavy atom. The maximum atomic E-state index is 13.4. The summed E-state index contributed by atoms with van der Waals surface area (Å²) in [6.07, 6.45) is 1.56. The molecule has 0 bridgehead atoms. The first-order valence-corrected chi connectivity index (χ1v) is 7.22. The lowest BCUT2D eigenvalue weighted by molar-refractivity contribution is 0.0938. The van der Waals surface area contributed by atoms with Crippen LogP contribution in [0.3, 0.4) is 0 Å². The second kappa shape index (κ2) is 7.69. The monoisotopic (exact) mass is 317 g/mol. The van der Waals surface area contributed by atoms with E-state index in [0.717, 1.165) is 5.56 Å². The van der Waals surface area contributed by atoms with Crippen molar-refractivity contribution in [2.45, 2.75) is 6.04 Å². The highest BCUT2D eigenvalue weighted by Crippen LogP contribution is 2.19. The van der Waals surface area contributed by atoms with Crippen LogP contribution in [0.15, 0.2) is 42.6 Å². The van der Waals surface area contributed by atoms with Gasteiger partial charge in [0, 0.05) is 12.7 Å². The zero-order chi connectivity index (χ0) is 16.8. The fourth-order valence-electron chi connectivity index (χ4n) is 2.32. The van der Waals surface area contributed by atoms with Crippen LogP contribution < -0.4 is 10.1 Å². The molecule has 5 nitrogen and oxygen atoms in total. The number of pyridine rings is 1. The summed E-state index contributed by atoms with van der Waals surface area (Å²) in [5.74, 6) is -0.301. The summed E-state index contributed by atoms with van der Waals surface area (Å²) >= 11 is 0. The van der Waals surface area contributed by atoms with Crippen molar-refractivity contribution in [1.29, 1.82) is 0 Å². The number of nitrogens with zero attached hydrogens (tertiary/aromatic N) is 2. The fourth-order valence-corrected chi connectivity index (χ4v) is 2.32. The predicted octanol–water partition coefficient (Wildman–Crippen LogP) is 2.26. The van der Waals surface area contributed by atoms with Crippen molar-refractivity contribution >= 4 is 5.91 Å². The Balaban J connectivity index is 2.11. The van der Waals surface area contributed by atoms with E-state index in [-0.39, 0.29) is 23.6 Å². The number of halogens is 1. The molecule has 122 valence electrons. The van der Waals surface area contributed by atoms with E-state index in [1.807, 2.05) is 25.1 Å². The van der Waals surface area contributed by atoms with Crippen molar-refractivity contribution in [3.8, 4) is 5.88 Å². The van der Waals surface area contributed by atoms with E-state index in [4.69, 9.17) is 4.74 Å². The number of rotatable bonds is 6. The van der Waals surface area contributed by atoms with Crippen molar-refractivity contribution in [1.82, 2.24) is 15.2 Å². The molecular formula is C17H20FN3O2. The van der Waals surface area contributed by atoms with Gasteiger partial charge in [0.2, 0.25) is 5.88 Å². The molecule has 2 rings (SSSR count). The van der Waals surface area contributed by atoms with Crippen LogP contribution in [0.1, 0.15) is 22.0 Å². The van der Waals surface area contributed by atoms with E-state index in [9.17, 15) is 9.18 Å². The van der Waals surface area contributed by atoms with Gasteiger partial charge in [0.15, 0.2) is 0 Å². The highest BCUT2D eigenvalue weighted by molar-refractivity contribution is 5.96. The lowest BCUT2D eigenvalue weighted by atomic mass is 10.1. The standard InChI is InChI=1S/C17H20FN3O2/c1-21(2)15(12-6-4-7-13(18)10-12)11-20-16(22)14-8-5-9-19-17(14)23-3/h4-10,15H,11H2,1-3H3,(H,20,22). The summed E-state index contributed by atoms with van der Waals surface area (Å²) in [5.41, 5.74) is 1.17. The molecule has 23 heavy (non-hydrogen) atoms. The molecule has 1 aromatic carbocycles. The number of carbonyl (C=O) groups is 1. The maximum Gasteiger partial charge on any atom is 0.256 e. The van der Waals surface area contributed by atoms with Gasteiger partial charge in [0.1, 0.15) is 11.4 Å². The number of hydrogen-bond acceptors (Lipinski definition) is 4. The minimum absolute atomic E-state index is 0.141. The Kier molecular flexibility index (Phi) is 5.65. The third kappa shape index (κ3) is 4.26. The normalized spacial score (nSPS) is 12.0. The number of aromatic nitrogens is 1. The molecule has 2 aromatic rings. The third-order valence-corrected chi connectivity index (χ3v) is 3.52. The van der Waals surface area contributed by atoms with E-state index < -0.39 is 0 Å². The summed E-state index contributed by atoms with van der Waals surface area (Å²) in [5, 5.41) is 2.85. The molecule has 1 unspecified atom stereocenters. The zero-order valence-corrected chi connectivity index (χ0v) is 13.4. The molecule has 1 atom stereocenters. The summed E-state index contributed by atoms with van der Waals surface area (Å²) in [6.45, 7) is 0.341. The number of hydrogen-bond donors (Lipinski definition) is 1. The van der Waals surface area contributed by atoms with Gasteiger partial charge in [-0.3, -0.25) is 4.79 Å². The largest absolute Gasteiger partial charge is 0.480 e. The molecule has 1 N–H and O–H groups in total. The zero-order valence-electron chi connectivity index (χ0n) is 13.4.